The summed E-state index contributed by atoms with van der Waals surface area (Å²) in [5.74, 6) is -0.362. The normalized spacial score (nSPS) is 12.6. The van der Waals surface area contributed by atoms with E-state index in [2.05, 4.69) is 10.0 Å². The SMILES string of the molecule is CNCc1cccc(S(=O)(=O)NCCSC(F)(F)F)c1. The minimum Gasteiger partial charge on any atom is -0.316 e. The quantitative estimate of drug-likeness (QED) is 0.751. The highest BCUT2D eigenvalue weighted by Crippen LogP contribution is 2.29. The first kappa shape index (κ1) is 17.3. The first-order valence-corrected chi connectivity index (χ1v) is 8.15. The van der Waals surface area contributed by atoms with E-state index in [1.165, 1.54) is 12.1 Å². The number of rotatable bonds is 7. The van der Waals surface area contributed by atoms with E-state index in [-0.39, 0.29) is 29.0 Å². The highest BCUT2D eigenvalue weighted by Gasteiger charge is 2.27. The van der Waals surface area contributed by atoms with Crippen LogP contribution in [0.4, 0.5) is 13.2 Å². The zero-order valence-corrected chi connectivity index (χ0v) is 12.3. The predicted octanol–water partition coefficient (Wildman–Crippen LogP) is 1.94. The van der Waals surface area contributed by atoms with Crippen LogP contribution in [0.1, 0.15) is 5.56 Å². The van der Waals surface area contributed by atoms with Crippen LogP contribution in [0.25, 0.3) is 0 Å². The lowest BCUT2D eigenvalue weighted by atomic mass is 10.2. The number of hydrogen-bond donors (Lipinski definition) is 2. The highest BCUT2D eigenvalue weighted by molar-refractivity contribution is 8.00. The van der Waals surface area contributed by atoms with Gasteiger partial charge in [0.2, 0.25) is 10.0 Å². The molecule has 0 aliphatic heterocycles. The van der Waals surface area contributed by atoms with Crippen molar-refractivity contribution in [2.75, 3.05) is 19.3 Å². The topological polar surface area (TPSA) is 58.2 Å². The van der Waals surface area contributed by atoms with Crippen LogP contribution in [0.3, 0.4) is 0 Å². The van der Waals surface area contributed by atoms with Gasteiger partial charge in [0.05, 0.1) is 4.90 Å². The van der Waals surface area contributed by atoms with Crippen LogP contribution in [0.15, 0.2) is 29.2 Å². The Morgan fingerprint density at radius 2 is 2.00 bits per heavy atom. The molecule has 0 spiro atoms. The molecule has 1 aromatic rings. The van der Waals surface area contributed by atoms with Crippen LogP contribution in [0, 0.1) is 0 Å². The Hall–Kier alpha value is -0.770. The molecule has 9 heteroatoms. The lowest BCUT2D eigenvalue weighted by Crippen LogP contribution is -2.27. The van der Waals surface area contributed by atoms with E-state index in [1.54, 1.807) is 19.2 Å². The molecule has 1 aromatic carbocycles. The summed E-state index contributed by atoms with van der Waals surface area (Å²) in [5.41, 5.74) is -3.57. The maximum absolute atomic E-state index is 11.9. The van der Waals surface area contributed by atoms with Crippen molar-refractivity contribution >= 4 is 21.8 Å². The molecule has 0 aliphatic rings. The Morgan fingerprint density at radius 3 is 2.60 bits per heavy atom. The number of nitrogens with one attached hydrogen (secondary N) is 2. The van der Waals surface area contributed by atoms with Crippen molar-refractivity contribution in [3.63, 3.8) is 0 Å². The minimum atomic E-state index is -4.35. The number of halogens is 3. The standard InChI is InChI=1S/C11H15F3N2O2S2/c1-15-8-9-3-2-4-10(7-9)20(17,18)16-5-6-19-11(12,13)14/h2-4,7,15-16H,5-6,8H2,1H3. The summed E-state index contributed by atoms with van der Waals surface area (Å²) in [7, 11) is -2.05. The zero-order chi connectivity index (χ0) is 15.2. The first-order valence-electron chi connectivity index (χ1n) is 5.68. The van der Waals surface area contributed by atoms with Gasteiger partial charge in [0.15, 0.2) is 0 Å². The van der Waals surface area contributed by atoms with Crippen molar-refractivity contribution in [2.24, 2.45) is 0 Å². The molecule has 0 atom stereocenters. The fourth-order valence-electron chi connectivity index (χ4n) is 1.45. The second-order valence-corrected chi connectivity index (χ2v) is 6.80. The molecule has 0 amide bonds. The molecule has 0 fully saturated rings. The molecule has 114 valence electrons. The maximum Gasteiger partial charge on any atom is 0.441 e. The average molecular weight is 328 g/mol. The summed E-state index contributed by atoms with van der Waals surface area (Å²) < 4.78 is 61.7. The summed E-state index contributed by atoms with van der Waals surface area (Å²) in [6, 6.07) is 6.23. The van der Waals surface area contributed by atoms with E-state index < -0.39 is 15.5 Å². The second-order valence-electron chi connectivity index (χ2n) is 3.87. The van der Waals surface area contributed by atoms with Gasteiger partial charge >= 0.3 is 5.51 Å². The third-order valence-corrected chi connectivity index (χ3v) is 4.44. The summed E-state index contributed by atoms with van der Waals surface area (Å²) >= 11 is -0.256. The molecule has 0 unspecified atom stereocenters. The summed E-state index contributed by atoms with van der Waals surface area (Å²) in [6.45, 7) is 0.232. The van der Waals surface area contributed by atoms with Crippen molar-refractivity contribution in [1.29, 1.82) is 0 Å². The molecular formula is C11H15F3N2O2S2. The van der Waals surface area contributed by atoms with Crippen LogP contribution in [-0.2, 0) is 16.6 Å². The van der Waals surface area contributed by atoms with Gasteiger partial charge < -0.3 is 5.32 Å². The monoisotopic (exact) mass is 328 g/mol. The Kier molecular flexibility index (Phi) is 6.31. The van der Waals surface area contributed by atoms with Gasteiger partial charge in [-0.1, -0.05) is 12.1 Å². The summed E-state index contributed by atoms with van der Waals surface area (Å²) in [5, 5.41) is 2.89. The molecule has 0 bridgehead atoms. The van der Waals surface area contributed by atoms with Crippen molar-refractivity contribution in [3.05, 3.63) is 29.8 Å². The van der Waals surface area contributed by atoms with E-state index in [0.29, 0.717) is 6.54 Å². The third-order valence-electron chi connectivity index (χ3n) is 2.25. The molecule has 2 N–H and O–H groups in total. The van der Waals surface area contributed by atoms with E-state index in [1.807, 2.05) is 0 Å². The smallest absolute Gasteiger partial charge is 0.316 e. The molecule has 0 aliphatic carbocycles. The van der Waals surface area contributed by atoms with Crippen LogP contribution in [0.2, 0.25) is 0 Å². The van der Waals surface area contributed by atoms with Gasteiger partial charge in [-0.15, -0.1) is 0 Å². The fourth-order valence-corrected chi connectivity index (χ4v) is 3.12. The number of sulfonamides is 1. The van der Waals surface area contributed by atoms with Crippen molar-refractivity contribution in [1.82, 2.24) is 10.0 Å². The van der Waals surface area contributed by atoms with Gasteiger partial charge in [0.25, 0.3) is 0 Å². The van der Waals surface area contributed by atoms with Gasteiger partial charge in [0, 0.05) is 18.8 Å². The molecule has 0 saturated carbocycles. The van der Waals surface area contributed by atoms with Gasteiger partial charge in [-0.2, -0.15) is 13.2 Å². The van der Waals surface area contributed by atoms with E-state index in [9.17, 15) is 21.6 Å². The molecule has 20 heavy (non-hydrogen) atoms. The Morgan fingerprint density at radius 1 is 1.30 bits per heavy atom. The Labute approximate surface area is 120 Å². The van der Waals surface area contributed by atoms with Crippen molar-refractivity contribution in [2.45, 2.75) is 16.9 Å². The van der Waals surface area contributed by atoms with Crippen LogP contribution < -0.4 is 10.0 Å². The second kappa shape index (κ2) is 7.30. The average Bonchev–Trinajstić information content (AvgIpc) is 2.34. The van der Waals surface area contributed by atoms with Gasteiger partial charge in [-0.05, 0) is 36.5 Å². The number of benzene rings is 1. The largest absolute Gasteiger partial charge is 0.441 e. The van der Waals surface area contributed by atoms with Crippen LogP contribution in [-0.4, -0.2) is 33.3 Å². The fraction of sp³-hybridized carbons (Fsp3) is 0.455. The maximum atomic E-state index is 11.9. The number of hydrogen-bond acceptors (Lipinski definition) is 4. The third kappa shape index (κ3) is 6.12. The lowest BCUT2D eigenvalue weighted by molar-refractivity contribution is -0.0327. The summed E-state index contributed by atoms with van der Waals surface area (Å²) in [6.07, 6.45) is 0. The van der Waals surface area contributed by atoms with Gasteiger partial charge in [-0.3, -0.25) is 0 Å². The zero-order valence-electron chi connectivity index (χ0n) is 10.7. The van der Waals surface area contributed by atoms with Gasteiger partial charge in [0.1, 0.15) is 0 Å². The molecule has 1 rings (SSSR count). The first-order chi connectivity index (χ1) is 9.24. The number of alkyl halides is 3. The molecule has 0 saturated heterocycles. The van der Waals surface area contributed by atoms with E-state index in [4.69, 9.17) is 0 Å². The predicted molar refractivity (Wildman–Crippen MR) is 72.9 cm³/mol. The van der Waals surface area contributed by atoms with Crippen molar-refractivity contribution in [3.8, 4) is 0 Å². The summed E-state index contributed by atoms with van der Waals surface area (Å²) in [4.78, 5) is 0.0438. The van der Waals surface area contributed by atoms with Crippen LogP contribution >= 0.6 is 11.8 Å². The Bertz CT molecular complexity index is 533. The molecule has 0 aromatic heterocycles. The van der Waals surface area contributed by atoms with Gasteiger partial charge in [-0.25, -0.2) is 13.1 Å². The molecule has 0 radical (unpaired) electrons. The molecule has 0 heterocycles. The minimum absolute atomic E-state index is 0.0438. The molecular weight excluding hydrogens is 313 g/mol. The van der Waals surface area contributed by atoms with Crippen LogP contribution in [0.5, 0.6) is 0 Å². The highest BCUT2D eigenvalue weighted by atomic mass is 32.2. The Balaban J connectivity index is 2.62. The van der Waals surface area contributed by atoms with E-state index in [0.717, 1.165) is 5.56 Å². The van der Waals surface area contributed by atoms with E-state index >= 15 is 0 Å². The van der Waals surface area contributed by atoms with Crippen molar-refractivity contribution < 1.29 is 21.6 Å². The molecule has 4 nitrogen and oxygen atoms in total. The lowest BCUT2D eigenvalue weighted by Gasteiger charge is -2.09. The number of thioether (sulfide) groups is 1.